The van der Waals surface area contributed by atoms with Gasteiger partial charge in [-0.05, 0) is 0 Å². The Kier molecular flexibility index (Phi) is 2.88. The first-order valence-corrected chi connectivity index (χ1v) is 3.68. The van der Waals surface area contributed by atoms with Gasteiger partial charge in [0.25, 0.3) is 0 Å². The largest absolute Gasteiger partial charge is 0.467 e. The number of carbonyl (C=O) groups is 1. The quantitative estimate of drug-likeness (QED) is 0.702. The molecule has 1 aromatic rings. The molecule has 1 rings (SSSR count). The van der Waals surface area contributed by atoms with E-state index in [1.807, 2.05) is 0 Å². The summed E-state index contributed by atoms with van der Waals surface area (Å²) in [6.45, 7) is 1.48. The van der Waals surface area contributed by atoms with Gasteiger partial charge in [0.05, 0.1) is 12.3 Å². The lowest BCUT2D eigenvalue weighted by Crippen LogP contribution is -2.04. The van der Waals surface area contributed by atoms with E-state index in [1.54, 1.807) is 6.07 Å². The number of rotatable bonds is 3. The van der Waals surface area contributed by atoms with Crippen LogP contribution >= 0.6 is 0 Å². The highest BCUT2D eigenvalue weighted by Crippen LogP contribution is 2.13. The molecule has 0 fully saturated rings. The predicted octanol–water partition coefficient (Wildman–Crippen LogP) is 0.773. The number of amides is 1. The molecule has 1 amide bonds. The number of furan rings is 1. The highest BCUT2D eigenvalue weighted by molar-refractivity contribution is 5.88. The molecule has 1 heterocycles. The molecule has 0 aliphatic rings. The van der Waals surface area contributed by atoms with Crippen molar-refractivity contribution < 1.29 is 14.3 Å². The van der Waals surface area contributed by atoms with Gasteiger partial charge >= 0.3 is 0 Å². The molecular weight excluding hydrogens is 158 g/mol. The maximum Gasteiger partial charge on any atom is 0.221 e. The maximum absolute atomic E-state index is 10.6. The van der Waals surface area contributed by atoms with Crippen LogP contribution in [0.5, 0.6) is 0 Å². The first-order valence-electron chi connectivity index (χ1n) is 3.68. The first-order chi connectivity index (χ1) is 5.72. The summed E-state index contributed by atoms with van der Waals surface area (Å²) in [5.74, 6) is 0.535. The van der Waals surface area contributed by atoms with Crippen molar-refractivity contribution in [2.24, 2.45) is 0 Å². The number of hydrogen-bond acceptors (Lipinski definition) is 3. The van der Waals surface area contributed by atoms with E-state index in [4.69, 9.17) is 9.52 Å². The van der Waals surface area contributed by atoms with Crippen LogP contribution in [0.2, 0.25) is 0 Å². The number of hydrogen-bond donors (Lipinski definition) is 2. The van der Waals surface area contributed by atoms with Gasteiger partial charge in [0.1, 0.15) is 12.0 Å². The minimum atomic E-state index is -0.133. The van der Waals surface area contributed by atoms with E-state index in [1.165, 1.54) is 13.2 Å². The van der Waals surface area contributed by atoms with Gasteiger partial charge in [0.2, 0.25) is 5.91 Å². The van der Waals surface area contributed by atoms with Crippen molar-refractivity contribution in [2.75, 3.05) is 11.9 Å². The normalized spacial score (nSPS) is 9.83. The summed E-state index contributed by atoms with van der Waals surface area (Å²) in [6.07, 6.45) is 1.92. The summed E-state index contributed by atoms with van der Waals surface area (Å²) in [5, 5.41) is 11.1. The smallest absolute Gasteiger partial charge is 0.221 e. The van der Waals surface area contributed by atoms with Crippen molar-refractivity contribution in [1.29, 1.82) is 0 Å². The van der Waals surface area contributed by atoms with E-state index in [-0.39, 0.29) is 12.5 Å². The van der Waals surface area contributed by atoms with E-state index in [0.29, 0.717) is 17.9 Å². The molecule has 0 saturated heterocycles. The van der Waals surface area contributed by atoms with Crippen LogP contribution in [0, 0.1) is 0 Å². The van der Waals surface area contributed by atoms with Gasteiger partial charge in [0.15, 0.2) is 0 Å². The maximum atomic E-state index is 10.6. The third-order valence-corrected chi connectivity index (χ3v) is 1.33. The molecule has 2 N–H and O–H groups in total. The van der Waals surface area contributed by atoms with Crippen LogP contribution in [0.15, 0.2) is 16.7 Å². The second-order valence-corrected chi connectivity index (χ2v) is 2.46. The number of anilines is 1. The Balaban J connectivity index is 2.58. The summed E-state index contributed by atoms with van der Waals surface area (Å²) in [5.41, 5.74) is 0.631. The molecule has 0 bridgehead atoms. The van der Waals surface area contributed by atoms with Crippen LogP contribution in [0.3, 0.4) is 0 Å². The van der Waals surface area contributed by atoms with Crippen LogP contribution < -0.4 is 5.32 Å². The van der Waals surface area contributed by atoms with Crippen LogP contribution in [-0.2, 0) is 11.2 Å². The standard InChI is InChI=1S/C8H11NO3/c1-6(11)9-7-4-8(2-3-10)12-5-7/h4-5,10H,2-3H2,1H3,(H,9,11). The van der Waals surface area contributed by atoms with Crippen molar-refractivity contribution in [3.05, 3.63) is 18.1 Å². The average Bonchev–Trinajstić information content (AvgIpc) is 2.36. The highest BCUT2D eigenvalue weighted by Gasteiger charge is 2.01. The molecule has 0 aromatic carbocycles. The zero-order valence-corrected chi connectivity index (χ0v) is 6.83. The predicted molar refractivity (Wildman–Crippen MR) is 43.8 cm³/mol. The Hall–Kier alpha value is -1.29. The lowest BCUT2D eigenvalue weighted by Gasteiger charge is -1.92. The van der Waals surface area contributed by atoms with Crippen molar-refractivity contribution in [3.8, 4) is 0 Å². The summed E-state index contributed by atoms with van der Waals surface area (Å²) in [7, 11) is 0. The van der Waals surface area contributed by atoms with E-state index >= 15 is 0 Å². The fraction of sp³-hybridized carbons (Fsp3) is 0.375. The van der Waals surface area contributed by atoms with Crippen LogP contribution in [0.25, 0.3) is 0 Å². The van der Waals surface area contributed by atoms with Gasteiger partial charge in [0, 0.05) is 19.4 Å². The number of aliphatic hydroxyl groups is 1. The Morgan fingerprint density at radius 1 is 1.75 bits per heavy atom. The van der Waals surface area contributed by atoms with Gasteiger partial charge in [-0.3, -0.25) is 4.79 Å². The van der Waals surface area contributed by atoms with Gasteiger partial charge in [-0.2, -0.15) is 0 Å². The first kappa shape index (κ1) is 8.80. The van der Waals surface area contributed by atoms with Crippen LogP contribution in [-0.4, -0.2) is 17.6 Å². The summed E-state index contributed by atoms with van der Waals surface area (Å²) < 4.78 is 5.03. The van der Waals surface area contributed by atoms with Crippen LogP contribution in [0.1, 0.15) is 12.7 Å². The fourth-order valence-electron chi connectivity index (χ4n) is 0.891. The number of aliphatic hydroxyl groups excluding tert-OH is 1. The molecule has 0 atom stereocenters. The molecule has 0 aliphatic carbocycles. The SMILES string of the molecule is CC(=O)Nc1coc(CCO)c1. The lowest BCUT2D eigenvalue weighted by molar-refractivity contribution is -0.114. The topological polar surface area (TPSA) is 62.5 Å². The van der Waals surface area contributed by atoms with E-state index in [2.05, 4.69) is 5.32 Å². The van der Waals surface area contributed by atoms with Gasteiger partial charge in [-0.25, -0.2) is 0 Å². The third kappa shape index (κ3) is 2.39. The zero-order valence-electron chi connectivity index (χ0n) is 6.83. The van der Waals surface area contributed by atoms with Gasteiger partial charge < -0.3 is 14.8 Å². The molecule has 0 radical (unpaired) electrons. The summed E-state index contributed by atoms with van der Waals surface area (Å²) >= 11 is 0. The Labute approximate surface area is 70.2 Å². The fourth-order valence-corrected chi connectivity index (χ4v) is 0.891. The molecule has 66 valence electrons. The zero-order chi connectivity index (χ0) is 8.97. The molecule has 0 aliphatic heterocycles. The average molecular weight is 169 g/mol. The van der Waals surface area contributed by atoms with Crippen molar-refractivity contribution in [3.63, 3.8) is 0 Å². The minimum Gasteiger partial charge on any atom is -0.467 e. The number of carbonyl (C=O) groups excluding carboxylic acids is 1. The van der Waals surface area contributed by atoms with E-state index < -0.39 is 0 Å². The van der Waals surface area contributed by atoms with Crippen molar-refractivity contribution >= 4 is 11.6 Å². The lowest BCUT2D eigenvalue weighted by atomic mass is 10.3. The van der Waals surface area contributed by atoms with Crippen molar-refractivity contribution in [2.45, 2.75) is 13.3 Å². The molecule has 4 nitrogen and oxygen atoms in total. The molecule has 0 spiro atoms. The minimum absolute atomic E-state index is 0.0486. The third-order valence-electron chi connectivity index (χ3n) is 1.33. The Morgan fingerprint density at radius 3 is 3.08 bits per heavy atom. The molecule has 0 saturated carbocycles. The van der Waals surface area contributed by atoms with E-state index in [0.717, 1.165) is 0 Å². The monoisotopic (exact) mass is 169 g/mol. The molecule has 0 unspecified atom stereocenters. The number of nitrogens with one attached hydrogen (secondary N) is 1. The Morgan fingerprint density at radius 2 is 2.50 bits per heavy atom. The summed E-state index contributed by atoms with van der Waals surface area (Å²) in [4.78, 5) is 10.6. The second kappa shape index (κ2) is 3.92. The van der Waals surface area contributed by atoms with Crippen molar-refractivity contribution in [1.82, 2.24) is 0 Å². The molecule has 1 aromatic heterocycles. The van der Waals surface area contributed by atoms with Crippen LogP contribution in [0.4, 0.5) is 5.69 Å². The molecule has 12 heavy (non-hydrogen) atoms. The Bertz CT molecular complexity index is 267. The molecule has 4 heteroatoms. The second-order valence-electron chi connectivity index (χ2n) is 2.46. The van der Waals surface area contributed by atoms with Gasteiger partial charge in [-0.15, -0.1) is 0 Å². The van der Waals surface area contributed by atoms with Gasteiger partial charge in [-0.1, -0.05) is 0 Å². The highest BCUT2D eigenvalue weighted by atomic mass is 16.3. The molecular formula is C8H11NO3. The van der Waals surface area contributed by atoms with E-state index in [9.17, 15) is 4.79 Å². The summed E-state index contributed by atoms with van der Waals surface area (Å²) in [6, 6.07) is 1.69.